The van der Waals surface area contributed by atoms with Crippen LogP contribution in [0.1, 0.15) is 16.8 Å². The summed E-state index contributed by atoms with van der Waals surface area (Å²) in [5.41, 5.74) is 5.13. The molecule has 1 N–H and O–H groups in total. The van der Waals surface area contributed by atoms with E-state index in [0.717, 1.165) is 46.3 Å². The number of aromatic nitrogens is 3. The maximum absolute atomic E-state index is 6.33. The first-order chi connectivity index (χ1) is 15.2. The number of hydrogen-bond donors (Lipinski definition) is 1. The number of rotatable bonds is 9. The molecule has 4 aromatic rings. The standard InChI is InChI=1S/C25H25ClN4O/c1-31-22-13-11-19(12-14-22)15-16-27-17-24-25(20-7-3-2-4-8-20)29-30(28-24)18-21-9-5-6-10-23(21)26/h2-14,27H,15-18H2,1H3. The third-order valence-corrected chi connectivity index (χ3v) is 5.45. The van der Waals surface area contributed by atoms with Gasteiger partial charge >= 0.3 is 0 Å². The van der Waals surface area contributed by atoms with E-state index in [2.05, 4.69) is 29.6 Å². The second-order valence-electron chi connectivity index (χ2n) is 7.26. The summed E-state index contributed by atoms with van der Waals surface area (Å²) in [6.45, 7) is 2.02. The lowest BCUT2D eigenvalue weighted by Gasteiger charge is -2.06. The lowest BCUT2D eigenvalue weighted by atomic mass is 10.1. The van der Waals surface area contributed by atoms with Crippen LogP contribution in [0.15, 0.2) is 78.9 Å². The monoisotopic (exact) mass is 432 g/mol. The second-order valence-corrected chi connectivity index (χ2v) is 7.67. The molecule has 0 unspecified atom stereocenters. The van der Waals surface area contributed by atoms with Gasteiger partial charge in [-0.1, -0.05) is 72.3 Å². The predicted molar refractivity (Wildman–Crippen MR) is 124 cm³/mol. The molecule has 0 fully saturated rings. The van der Waals surface area contributed by atoms with Crippen molar-refractivity contribution >= 4 is 11.6 Å². The van der Waals surface area contributed by atoms with Crippen LogP contribution in [0.2, 0.25) is 5.02 Å². The highest BCUT2D eigenvalue weighted by Crippen LogP contribution is 2.22. The zero-order valence-electron chi connectivity index (χ0n) is 17.5. The Bertz CT molecular complexity index is 1110. The fourth-order valence-corrected chi connectivity index (χ4v) is 3.60. The molecule has 0 aliphatic rings. The maximum atomic E-state index is 6.33. The Balaban J connectivity index is 1.46. The van der Waals surface area contributed by atoms with Crippen LogP contribution in [-0.4, -0.2) is 28.6 Å². The van der Waals surface area contributed by atoms with Gasteiger partial charge < -0.3 is 10.1 Å². The fraction of sp³-hybridized carbons (Fsp3) is 0.200. The molecule has 0 aliphatic heterocycles. The smallest absolute Gasteiger partial charge is 0.118 e. The molecule has 0 aliphatic carbocycles. The van der Waals surface area contributed by atoms with Gasteiger partial charge in [-0.3, -0.25) is 0 Å². The topological polar surface area (TPSA) is 52.0 Å². The van der Waals surface area contributed by atoms with Crippen LogP contribution in [0.5, 0.6) is 5.75 Å². The number of nitrogens with zero attached hydrogens (tertiary/aromatic N) is 3. The molecule has 31 heavy (non-hydrogen) atoms. The van der Waals surface area contributed by atoms with Crippen molar-refractivity contribution < 1.29 is 4.74 Å². The number of nitrogens with one attached hydrogen (secondary N) is 1. The average Bonchev–Trinajstić information content (AvgIpc) is 3.22. The SMILES string of the molecule is COc1ccc(CCNCc2nn(Cc3ccccc3Cl)nc2-c2ccccc2)cc1. The molecule has 0 spiro atoms. The van der Waals surface area contributed by atoms with Crippen molar-refractivity contribution in [1.82, 2.24) is 20.3 Å². The molecule has 0 radical (unpaired) electrons. The van der Waals surface area contributed by atoms with E-state index in [1.54, 1.807) is 11.9 Å². The highest BCUT2D eigenvalue weighted by atomic mass is 35.5. The Hall–Kier alpha value is -3.15. The molecule has 0 saturated carbocycles. The Morgan fingerprint density at radius 3 is 2.39 bits per heavy atom. The van der Waals surface area contributed by atoms with Gasteiger partial charge in [0.1, 0.15) is 17.1 Å². The van der Waals surface area contributed by atoms with Crippen molar-refractivity contribution in [1.29, 1.82) is 0 Å². The summed E-state index contributed by atoms with van der Waals surface area (Å²) in [7, 11) is 1.68. The third kappa shape index (κ3) is 5.51. The van der Waals surface area contributed by atoms with Gasteiger partial charge in [-0.25, -0.2) is 0 Å². The van der Waals surface area contributed by atoms with Crippen LogP contribution >= 0.6 is 11.6 Å². The summed E-state index contributed by atoms with van der Waals surface area (Å²) >= 11 is 6.33. The number of methoxy groups -OCH3 is 1. The van der Waals surface area contributed by atoms with Crippen LogP contribution in [-0.2, 0) is 19.5 Å². The van der Waals surface area contributed by atoms with Gasteiger partial charge in [0.2, 0.25) is 0 Å². The summed E-state index contributed by atoms with van der Waals surface area (Å²) in [6.07, 6.45) is 0.929. The minimum atomic E-state index is 0.533. The highest BCUT2D eigenvalue weighted by molar-refractivity contribution is 6.31. The summed E-state index contributed by atoms with van der Waals surface area (Å²) in [6, 6.07) is 26.1. The molecule has 0 atom stereocenters. The van der Waals surface area contributed by atoms with E-state index in [9.17, 15) is 0 Å². The van der Waals surface area contributed by atoms with E-state index in [4.69, 9.17) is 26.5 Å². The van der Waals surface area contributed by atoms with E-state index in [1.807, 2.05) is 54.6 Å². The first kappa shape index (κ1) is 21.1. The van der Waals surface area contributed by atoms with E-state index < -0.39 is 0 Å². The van der Waals surface area contributed by atoms with Gasteiger partial charge in [0.15, 0.2) is 0 Å². The van der Waals surface area contributed by atoms with E-state index in [-0.39, 0.29) is 0 Å². The van der Waals surface area contributed by atoms with Crippen molar-refractivity contribution in [3.05, 3.63) is 101 Å². The highest BCUT2D eigenvalue weighted by Gasteiger charge is 2.14. The summed E-state index contributed by atoms with van der Waals surface area (Å²) in [5.74, 6) is 0.874. The number of hydrogen-bond acceptors (Lipinski definition) is 4. The van der Waals surface area contributed by atoms with Gasteiger partial charge in [0, 0.05) is 17.1 Å². The van der Waals surface area contributed by atoms with Gasteiger partial charge in [0.25, 0.3) is 0 Å². The van der Waals surface area contributed by atoms with Gasteiger partial charge in [-0.15, -0.1) is 0 Å². The van der Waals surface area contributed by atoms with Gasteiger partial charge in [-0.05, 0) is 42.3 Å². The van der Waals surface area contributed by atoms with Gasteiger partial charge in [0.05, 0.1) is 13.7 Å². The summed E-state index contributed by atoms with van der Waals surface area (Å²) in [5, 5.41) is 13.8. The number of benzene rings is 3. The van der Waals surface area contributed by atoms with E-state index in [0.29, 0.717) is 13.1 Å². The molecule has 3 aromatic carbocycles. The van der Waals surface area contributed by atoms with Crippen molar-refractivity contribution in [2.45, 2.75) is 19.5 Å². The lowest BCUT2D eigenvalue weighted by molar-refractivity contribution is 0.414. The molecule has 0 amide bonds. The van der Waals surface area contributed by atoms with E-state index in [1.165, 1.54) is 5.56 Å². The summed E-state index contributed by atoms with van der Waals surface area (Å²) in [4.78, 5) is 1.73. The Morgan fingerprint density at radius 2 is 1.65 bits per heavy atom. The van der Waals surface area contributed by atoms with Crippen LogP contribution in [0.3, 0.4) is 0 Å². The largest absolute Gasteiger partial charge is 0.497 e. The Labute approximate surface area is 187 Å². The summed E-state index contributed by atoms with van der Waals surface area (Å²) < 4.78 is 5.22. The molecular formula is C25H25ClN4O. The fourth-order valence-electron chi connectivity index (χ4n) is 3.40. The zero-order chi connectivity index (χ0) is 21.5. The van der Waals surface area contributed by atoms with Crippen LogP contribution in [0.25, 0.3) is 11.3 Å². The average molecular weight is 433 g/mol. The quantitative estimate of drug-likeness (QED) is 0.379. The molecule has 0 bridgehead atoms. The van der Waals surface area contributed by atoms with Crippen molar-refractivity contribution in [2.24, 2.45) is 0 Å². The Kier molecular flexibility index (Phi) is 6.97. The molecule has 6 heteroatoms. The predicted octanol–water partition coefficient (Wildman–Crippen LogP) is 4.99. The van der Waals surface area contributed by atoms with Crippen molar-refractivity contribution in [2.75, 3.05) is 13.7 Å². The Morgan fingerprint density at radius 1 is 0.903 bits per heavy atom. The van der Waals surface area contributed by atoms with Crippen LogP contribution in [0.4, 0.5) is 0 Å². The molecule has 1 aromatic heterocycles. The maximum Gasteiger partial charge on any atom is 0.118 e. The first-order valence-corrected chi connectivity index (χ1v) is 10.7. The minimum absolute atomic E-state index is 0.533. The van der Waals surface area contributed by atoms with Crippen molar-refractivity contribution in [3.63, 3.8) is 0 Å². The molecule has 158 valence electrons. The lowest BCUT2D eigenvalue weighted by Crippen LogP contribution is -2.17. The van der Waals surface area contributed by atoms with Crippen molar-refractivity contribution in [3.8, 4) is 17.0 Å². The molecule has 5 nitrogen and oxygen atoms in total. The zero-order valence-corrected chi connectivity index (χ0v) is 18.2. The molecule has 4 rings (SSSR count). The third-order valence-electron chi connectivity index (χ3n) is 5.08. The van der Waals surface area contributed by atoms with Crippen LogP contribution in [0, 0.1) is 0 Å². The number of halogens is 1. The first-order valence-electron chi connectivity index (χ1n) is 10.3. The molecule has 1 heterocycles. The molecular weight excluding hydrogens is 408 g/mol. The second kappa shape index (κ2) is 10.2. The van der Waals surface area contributed by atoms with E-state index >= 15 is 0 Å². The number of ether oxygens (including phenoxy) is 1. The molecule has 0 saturated heterocycles. The normalized spacial score (nSPS) is 10.9. The minimum Gasteiger partial charge on any atom is -0.497 e. The van der Waals surface area contributed by atoms with Gasteiger partial charge in [-0.2, -0.15) is 15.0 Å². The van der Waals surface area contributed by atoms with Crippen LogP contribution < -0.4 is 10.1 Å².